The molecule has 3 nitrogen and oxygen atoms in total. The molecule has 0 aliphatic heterocycles. The number of hydrogen-bond acceptors (Lipinski definition) is 4. The summed E-state index contributed by atoms with van der Waals surface area (Å²) in [4.78, 5) is 24.0. The Balaban J connectivity index is 2.73. The quantitative estimate of drug-likeness (QED) is 0.618. The number of rotatable bonds is 3. The lowest BCUT2D eigenvalue weighted by Crippen LogP contribution is -2.06. The van der Waals surface area contributed by atoms with Gasteiger partial charge in [0, 0.05) is 16.5 Å². The van der Waals surface area contributed by atoms with Gasteiger partial charge in [0.1, 0.15) is 4.88 Å². The molecule has 0 N–H and O–H groups in total. The molecule has 0 radical (unpaired) electrons. The normalized spacial score (nSPS) is 10.5. The second-order valence-electron chi connectivity index (χ2n) is 3.57. The zero-order chi connectivity index (χ0) is 12.4. The largest absolute Gasteiger partial charge is 0.465 e. The molecule has 0 unspecified atom stereocenters. The van der Waals surface area contributed by atoms with E-state index in [9.17, 15) is 9.59 Å². The lowest BCUT2D eigenvalue weighted by molar-refractivity contribution is 0.0603. The molecule has 1 heterocycles. The number of hydrogen-bond donors (Lipinski definition) is 0. The van der Waals surface area contributed by atoms with Crippen LogP contribution >= 0.6 is 11.3 Å². The minimum atomic E-state index is -0.442. The van der Waals surface area contributed by atoms with Crippen LogP contribution in [0.15, 0.2) is 24.3 Å². The lowest BCUT2D eigenvalue weighted by Gasteiger charge is -2.00. The number of ether oxygens (including phenoxy) is 1. The molecule has 1 aromatic heterocycles. The highest BCUT2D eigenvalue weighted by Gasteiger charge is 2.22. The van der Waals surface area contributed by atoms with Gasteiger partial charge in [0.05, 0.1) is 12.7 Å². The van der Waals surface area contributed by atoms with E-state index in [1.54, 1.807) is 6.92 Å². The van der Waals surface area contributed by atoms with Crippen LogP contribution in [-0.2, 0) is 4.74 Å². The third-order valence-corrected chi connectivity index (χ3v) is 3.72. The lowest BCUT2D eigenvalue weighted by atomic mass is 10.0. The van der Waals surface area contributed by atoms with Crippen LogP contribution in [-0.4, -0.2) is 18.9 Å². The fraction of sp³-hybridized carbons (Fsp3) is 0.231. The highest BCUT2D eigenvalue weighted by molar-refractivity contribution is 7.21. The third-order valence-electron chi connectivity index (χ3n) is 2.57. The molecule has 88 valence electrons. The number of carbonyl (C=O) groups excluding carboxylic acids is 2. The first-order chi connectivity index (χ1) is 8.19. The average molecular weight is 248 g/mol. The Kier molecular flexibility index (Phi) is 3.24. The smallest absolute Gasteiger partial charge is 0.348 e. The molecule has 0 bridgehead atoms. The topological polar surface area (TPSA) is 43.4 Å². The minimum Gasteiger partial charge on any atom is -0.465 e. The van der Waals surface area contributed by atoms with E-state index in [2.05, 4.69) is 0 Å². The second-order valence-corrected chi connectivity index (χ2v) is 4.62. The molecule has 0 aliphatic carbocycles. The van der Waals surface area contributed by atoms with Crippen molar-refractivity contribution >= 4 is 33.2 Å². The number of thiophene rings is 1. The van der Waals surface area contributed by atoms with Gasteiger partial charge in [-0.2, -0.15) is 0 Å². The van der Waals surface area contributed by atoms with Crippen LogP contribution in [0.1, 0.15) is 33.4 Å². The molecule has 0 saturated carbocycles. The number of Topliss-reactive ketones (excluding diaryl/α,β-unsaturated/α-hetero) is 1. The fourth-order valence-electron chi connectivity index (χ4n) is 1.74. The first kappa shape index (κ1) is 11.8. The Hall–Kier alpha value is -1.68. The van der Waals surface area contributed by atoms with E-state index in [0.717, 1.165) is 10.1 Å². The van der Waals surface area contributed by atoms with Crippen molar-refractivity contribution < 1.29 is 14.3 Å². The Labute approximate surface area is 103 Å². The van der Waals surface area contributed by atoms with Crippen LogP contribution in [0, 0.1) is 0 Å². The summed E-state index contributed by atoms with van der Waals surface area (Å²) in [6.45, 7) is 1.79. The highest BCUT2D eigenvalue weighted by atomic mass is 32.1. The third kappa shape index (κ3) is 1.96. The highest BCUT2D eigenvalue weighted by Crippen LogP contribution is 2.32. The molecule has 2 aromatic rings. The number of benzene rings is 1. The van der Waals surface area contributed by atoms with Crippen LogP contribution < -0.4 is 0 Å². The van der Waals surface area contributed by atoms with E-state index in [-0.39, 0.29) is 5.78 Å². The molecular weight excluding hydrogens is 236 g/mol. The second kappa shape index (κ2) is 4.67. The van der Waals surface area contributed by atoms with Crippen molar-refractivity contribution in [3.05, 3.63) is 34.7 Å². The van der Waals surface area contributed by atoms with Crippen molar-refractivity contribution in [2.75, 3.05) is 7.11 Å². The Bertz CT molecular complexity index is 583. The summed E-state index contributed by atoms with van der Waals surface area (Å²) >= 11 is 1.30. The number of ketones is 1. The standard InChI is InChI=1S/C13H12O3S/c1-3-9(14)11-8-6-4-5-7-10(8)17-12(11)13(15)16-2/h4-7H,3H2,1-2H3. The Morgan fingerprint density at radius 2 is 2.00 bits per heavy atom. The summed E-state index contributed by atoms with van der Waals surface area (Å²) in [5, 5.41) is 0.838. The summed E-state index contributed by atoms with van der Waals surface area (Å²) in [7, 11) is 1.33. The van der Waals surface area contributed by atoms with E-state index in [1.807, 2.05) is 24.3 Å². The van der Waals surface area contributed by atoms with Gasteiger partial charge < -0.3 is 4.74 Å². The molecule has 0 atom stereocenters. The summed E-state index contributed by atoms with van der Waals surface area (Å²) in [6, 6.07) is 7.52. The maximum absolute atomic E-state index is 11.9. The van der Waals surface area contributed by atoms with E-state index >= 15 is 0 Å². The van der Waals surface area contributed by atoms with Gasteiger partial charge >= 0.3 is 5.97 Å². The molecule has 0 saturated heterocycles. The van der Waals surface area contributed by atoms with Gasteiger partial charge in [-0.1, -0.05) is 25.1 Å². The molecule has 2 rings (SSSR count). The van der Waals surface area contributed by atoms with Gasteiger partial charge in [-0.15, -0.1) is 11.3 Å². The molecule has 0 spiro atoms. The van der Waals surface area contributed by atoms with E-state index in [0.29, 0.717) is 16.9 Å². The van der Waals surface area contributed by atoms with Crippen molar-refractivity contribution in [1.29, 1.82) is 0 Å². The van der Waals surface area contributed by atoms with Crippen molar-refractivity contribution in [3.63, 3.8) is 0 Å². The van der Waals surface area contributed by atoms with Gasteiger partial charge in [0.15, 0.2) is 5.78 Å². The van der Waals surface area contributed by atoms with Crippen LogP contribution in [0.3, 0.4) is 0 Å². The van der Waals surface area contributed by atoms with Gasteiger partial charge in [-0.25, -0.2) is 4.79 Å². The van der Waals surface area contributed by atoms with E-state index < -0.39 is 5.97 Å². The van der Waals surface area contributed by atoms with Crippen molar-refractivity contribution in [2.45, 2.75) is 13.3 Å². The van der Waals surface area contributed by atoms with Crippen LogP contribution in [0.2, 0.25) is 0 Å². The summed E-state index contributed by atoms with van der Waals surface area (Å²) in [5.41, 5.74) is 0.500. The molecule has 0 amide bonds. The first-order valence-electron chi connectivity index (χ1n) is 5.32. The predicted octanol–water partition coefficient (Wildman–Crippen LogP) is 3.28. The van der Waals surface area contributed by atoms with Crippen LogP contribution in [0.5, 0.6) is 0 Å². The maximum Gasteiger partial charge on any atom is 0.348 e. The number of esters is 1. The van der Waals surface area contributed by atoms with Crippen molar-refractivity contribution in [1.82, 2.24) is 0 Å². The molecule has 17 heavy (non-hydrogen) atoms. The summed E-state index contributed by atoms with van der Waals surface area (Å²) in [5.74, 6) is -0.467. The van der Waals surface area contributed by atoms with Gasteiger partial charge in [-0.3, -0.25) is 4.79 Å². The predicted molar refractivity (Wildman–Crippen MR) is 67.8 cm³/mol. The molecular formula is C13H12O3S. The minimum absolute atomic E-state index is 0.0251. The van der Waals surface area contributed by atoms with Crippen molar-refractivity contribution in [3.8, 4) is 0 Å². The zero-order valence-corrected chi connectivity index (χ0v) is 10.5. The van der Waals surface area contributed by atoms with Gasteiger partial charge in [-0.05, 0) is 6.07 Å². The molecule has 0 fully saturated rings. The van der Waals surface area contributed by atoms with Crippen molar-refractivity contribution in [2.24, 2.45) is 0 Å². The zero-order valence-electron chi connectivity index (χ0n) is 9.65. The molecule has 0 aliphatic rings. The summed E-state index contributed by atoms with van der Waals surface area (Å²) in [6.07, 6.45) is 0.380. The van der Waals surface area contributed by atoms with E-state index in [1.165, 1.54) is 18.4 Å². The number of carbonyl (C=O) groups is 2. The monoisotopic (exact) mass is 248 g/mol. The Morgan fingerprint density at radius 1 is 1.29 bits per heavy atom. The maximum atomic E-state index is 11.9. The fourth-order valence-corrected chi connectivity index (χ4v) is 2.87. The molecule has 4 heteroatoms. The van der Waals surface area contributed by atoms with Crippen LogP contribution in [0.4, 0.5) is 0 Å². The van der Waals surface area contributed by atoms with Crippen LogP contribution in [0.25, 0.3) is 10.1 Å². The Morgan fingerprint density at radius 3 is 2.65 bits per heavy atom. The number of methoxy groups -OCH3 is 1. The summed E-state index contributed by atoms with van der Waals surface area (Å²) < 4.78 is 5.66. The van der Waals surface area contributed by atoms with Gasteiger partial charge in [0.2, 0.25) is 0 Å². The van der Waals surface area contributed by atoms with E-state index in [4.69, 9.17) is 4.74 Å². The number of fused-ring (bicyclic) bond motifs is 1. The van der Waals surface area contributed by atoms with Gasteiger partial charge in [0.25, 0.3) is 0 Å². The SMILES string of the molecule is CCC(=O)c1c(C(=O)OC)sc2ccccc12. The first-order valence-corrected chi connectivity index (χ1v) is 6.13. The molecule has 1 aromatic carbocycles. The average Bonchev–Trinajstić information content (AvgIpc) is 2.76.